The number of fused-ring (bicyclic) bond motifs is 4. The maximum Gasteiger partial charge on any atom is 0.195 e. The summed E-state index contributed by atoms with van der Waals surface area (Å²) in [4.78, 5) is 10.4. The molecule has 8 aromatic heterocycles. The fourth-order valence-electron chi connectivity index (χ4n) is 5.95. The molecule has 0 aliphatic rings. The van der Waals surface area contributed by atoms with Crippen molar-refractivity contribution in [3.8, 4) is 33.9 Å². The number of nitrogens with zero attached hydrogens (tertiary/aromatic N) is 12. The molecule has 0 bridgehead atoms. The lowest BCUT2D eigenvalue weighted by atomic mass is 10.1. The Bertz CT molecular complexity index is 3090. The highest BCUT2D eigenvalue weighted by atomic mass is 127. The number of thiazole rings is 2. The minimum atomic E-state index is -0.666. The number of hydrogen-bond acceptors (Lipinski definition) is 10. The van der Waals surface area contributed by atoms with Crippen molar-refractivity contribution in [2.24, 2.45) is 0 Å². The standard InChI is InChI=1S/C19H14F2N6S.C11H5F2IN2S.C8H9IN4/c1-10(2)18-24-23-15-6-5-14(25-27(15)18)17-16(22-19-26(17)7-8-28-19)12-4-3-11(20)9-13(12)21;12-6-1-2-7(8(13)5-6)9-10(14)16-3-4-17-11(16)15-9;1-5(2)8-11-10-7-4-3-6(9)12-13(7)8/h3-10H,1-2H3;1-5H;3-5H,1-2H3. The smallest absolute Gasteiger partial charge is 0.195 e. The van der Waals surface area contributed by atoms with E-state index in [0.717, 1.165) is 41.8 Å². The summed E-state index contributed by atoms with van der Waals surface area (Å²) in [5, 5.41) is 29.3. The SMILES string of the molecule is CC(C)c1nnc2ccc(-c3c(-c4ccc(F)cc4F)nc4sccn34)nn12.CC(C)c1nnc2ccc(I)nn12.Fc1ccc(-c2nc3sccn3c2I)c(F)c1. The monoisotopic (exact) mass is 1050 g/mol. The van der Waals surface area contributed by atoms with E-state index in [1.807, 2.05) is 64.0 Å². The Labute approximate surface area is 361 Å². The zero-order valence-corrected chi connectivity index (χ0v) is 36.6. The number of benzene rings is 2. The number of rotatable bonds is 5. The second kappa shape index (κ2) is 16.4. The summed E-state index contributed by atoms with van der Waals surface area (Å²) < 4.78 is 63.4. The second-order valence-corrected chi connectivity index (χ2v) is 17.1. The van der Waals surface area contributed by atoms with E-state index in [1.165, 1.54) is 46.9 Å². The Morgan fingerprint density at radius 3 is 1.67 bits per heavy atom. The van der Waals surface area contributed by atoms with Crippen molar-refractivity contribution < 1.29 is 17.6 Å². The van der Waals surface area contributed by atoms with Crippen molar-refractivity contribution in [1.82, 2.24) is 58.4 Å². The maximum atomic E-state index is 14.5. The van der Waals surface area contributed by atoms with E-state index in [1.54, 1.807) is 15.1 Å². The van der Waals surface area contributed by atoms with E-state index in [4.69, 9.17) is 5.10 Å². The Balaban J connectivity index is 0.000000133. The fraction of sp³-hybridized carbons (Fsp3) is 0.158. The lowest BCUT2D eigenvalue weighted by molar-refractivity contribution is 0.584. The molecule has 2 aromatic carbocycles. The van der Waals surface area contributed by atoms with Gasteiger partial charge in [0.05, 0.1) is 0 Å². The van der Waals surface area contributed by atoms with Crippen LogP contribution in [0.3, 0.4) is 0 Å². The largest absolute Gasteiger partial charge is 0.288 e. The first-order valence-electron chi connectivity index (χ1n) is 17.5. The molecule has 10 aromatic rings. The molecular weight excluding hydrogens is 1020 g/mol. The number of halogens is 6. The summed E-state index contributed by atoms with van der Waals surface area (Å²) in [6.07, 6.45) is 3.73. The zero-order valence-electron chi connectivity index (χ0n) is 30.7. The van der Waals surface area contributed by atoms with Gasteiger partial charge in [-0.25, -0.2) is 27.5 Å². The summed E-state index contributed by atoms with van der Waals surface area (Å²) in [5.74, 6) is -0.337. The van der Waals surface area contributed by atoms with Crippen LogP contribution in [0, 0.1) is 30.7 Å². The number of imidazole rings is 2. The van der Waals surface area contributed by atoms with Gasteiger partial charge in [0.25, 0.3) is 0 Å². The average molecular weight is 1050 g/mol. The number of hydrogen-bond donors (Lipinski definition) is 0. The molecule has 12 nitrogen and oxygen atoms in total. The molecular formula is C38H28F4I2N12S2. The van der Waals surface area contributed by atoms with Crippen LogP contribution in [0.1, 0.15) is 51.2 Å². The molecule has 58 heavy (non-hydrogen) atoms. The third-order valence-electron chi connectivity index (χ3n) is 8.66. The Kier molecular flexibility index (Phi) is 11.3. The third-order valence-corrected chi connectivity index (χ3v) is 11.8. The zero-order chi connectivity index (χ0) is 40.8. The highest BCUT2D eigenvalue weighted by Crippen LogP contribution is 2.35. The molecule has 0 radical (unpaired) electrons. The molecule has 294 valence electrons. The van der Waals surface area contributed by atoms with Gasteiger partial charge in [-0.05, 0) is 93.7 Å². The van der Waals surface area contributed by atoms with Crippen molar-refractivity contribution in [2.45, 2.75) is 39.5 Å². The van der Waals surface area contributed by atoms with Gasteiger partial charge >= 0.3 is 0 Å². The van der Waals surface area contributed by atoms with Gasteiger partial charge < -0.3 is 0 Å². The number of aromatic nitrogens is 12. The van der Waals surface area contributed by atoms with Crippen molar-refractivity contribution in [2.75, 3.05) is 0 Å². The van der Waals surface area contributed by atoms with E-state index < -0.39 is 23.3 Å². The van der Waals surface area contributed by atoms with Gasteiger partial charge in [-0.1, -0.05) is 27.7 Å². The van der Waals surface area contributed by atoms with E-state index in [9.17, 15) is 17.6 Å². The van der Waals surface area contributed by atoms with Crippen LogP contribution < -0.4 is 0 Å². The maximum absolute atomic E-state index is 14.5. The first-order valence-corrected chi connectivity index (χ1v) is 21.4. The fourth-order valence-corrected chi connectivity index (χ4v) is 8.73. The molecule has 0 unspecified atom stereocenters. The minimum absolute atomic E-state index is 0.137. The molecule has 20 heteroatoms. The van der Waals surface area contributed by atoms with Gasteiger partial charge in [0.2, 0.25) is 0 Å². The van der Waals surface area contributed by atoms with Gasteiger partial charge in [-0.2, -0.15) is 19.2 Å². The minimum Gasteiger partial charge on any atom is -0.288 e. The second-order valence-electron chi connectivity index (χ2n) is 13.3. The summed E-state index contributed by atoms with van der Waals surface area (Å²) in [6.45, 7) is 8.19. The van der Waals surface area contributed by atoms with Gasteiger partial charge in [-0.15, -0.1) is 43.1 Å². The molecule has 0 fully saturated rings. The Morgan fingerprint density at radius 1 is 0.586 bits per heavy atom. The Morgan fingerprint density at radius 2 is 1.10 bits per heavy atom. The van der Waals surface area contributed by atoms with Crippen LogP contribution in [-0.4, -0.2) is 58.4 Å². The predicted octanol–water partition coefficient (Wildman–Crippen LogP) is 10.4. The van der Waals surface area contributed by atoms with Gasteiger partial charge in [0.1, 0.15) is 53.4 Å². The van der Waals surface area contributed by atoms with Crippen LogP contribution in [0.2, 0.25) is 0 Å². The first kappa shape index (κ1) is 39.9. The average Bonchev–Trinajstić information content (AvgIpc) is 4.03. The normalized spacial score (nSPS) is 11.6. The lowest BCUT2D eigenvalue weighted by Gasteiger charge is -2.07. The van der Waals surface area contributed by atoms with E-state index in [2.05, 4.69) is 94.5 Å². The topological polar surface area (TPSA) is 121 Å². The lowest BCUT2D eigenvalue weighted by Crippen LogP contribution is -2.03. The Hall–Kier alpha value is -4.94. The van der Waals surface area contributed by atoms with Crippen molar-refractivity contribution in [3.63, 3.8) is 0 Å². The van der Waals surface area contributed by atoms with Crippen LogP contribution in [0.25, 0.3) is 55.1 Å². The molecule has 0 saturated heterocycles. The van der Waals surface area contributed by atoms with Crippen LogP contribution in [0.15, 0.2) is 83.8 Å². The molecule has 0 spiro atoms. The highest BCUT2D eigenvalue weighted by Gasteiger charge is 2.22. The van der Waals surface area contributed by atoms with E-state index in [-0.39, 0.29) is 11.5 Å². The quantitative estimate of drug-likeness (QED) is 0.123. The van der Waals surface area contributed by atoms with Gasteiger partial charge in [0, 0.05) is 58.2 Å². The van der Waals surface area contributed by atoms with Crippen LogP contribution in [0.4, 0.5) is 17.6 Å². The van der Waals surface area contributed by atoms with Crippen molar-refractivity contribution >= 4 is 89.1 Å². The molecule has 0 N–H and O–H groups in total. The molecule has 0 aliphatic carbocycles. The summed E-state index contributed by atoms with van der Waals surface area (Å²) in [5.41, 5.74) is 4.18. The van der Waals surface area contributed by atoms with Crippen molar-refractivity contribution in [3.05, 3.63) is 126 Å². The van der Waals surface area contributed by atoms with Crippen molar-refractivity contribution in [1.29, 1.82) is 0 Å². The first-order chi connectivity index (χ1) is 27.9. The van der Waals surface area contributed by atoms with Crippen LogP contribution in [-0.2, 0) is 0 Å². The predicted molar refractivity (Wildman–Crippen MR) is 231 cm³/mol. The third kappa shape index (κ3) is 7.68. The molecule has 0 amide bonds. The van der Waals surface area contributed by atoms with Crippen LogP contribution >= 0.6 is 67.9 Å². The highest BCUT2D eigenvalue weighted by molar-refractivity contribution is 14.1. The molecule has 0 atom stereocenters. The summed E-state index contributed by atoms with van der Waals surface area (Å²) in [7, 11) is 0. The van der Waals surface area contributed by atoms with E-state index in [0.29, 0.717) is 44.9 Å². The van der Waals surface area contributed by atoms with Crippen LogP contribution in [0.5, 0.6) is 0 Å². The van der Waals surface area contributed by atoms with E-state index >= 15 is 0 Å². The molecule has 0 saturated carbocycles. The molecule has 0 aliphatic heterocycles. The van der Waals surface area contributed by atoms with Gasteiger partial charge in [-0.3, -0.25) is 8.80 Å². The van der Waals surface area contributed by atoms with Gasteiger partial charge in [0.15, 0.2) is 32.9 Å². The molecule has 10 rings (SSSR count). The summed E-state index contributed by atoms with van der Waals surface area (Å²) >= 11 is 7.19. The molecule has 8 heterocycles. The summed E-state index contributed by atoms with van der Waals surface area (Å²) in [6, 6.07) is 14.5.